The Morgan fingerprint density at radius 3 is 2.60 bits per heavy atom. The van der Waals surface area contributed by atoms with Crippen LogP contribution in [0.3, 0.4) is 0 Å². The molecule has 0 fully saturated rings. The number of carboxylic acid groups (broad SMARTS) is 2. The molecule has 1 rings (SSSR count). The van der Waals surface area contributed by atoms with Gasteiger partial charge in [-0.1, -0.05) is 0 Å². The standard InChI is InChI=1S/C10H11NO4/c1-6-4-7(2-3-11-6)8(10(14)15)5-9(12)13/h2-4,8H,5H2,1H3,(H,12,13)(H,14,15). The number of aromatic nitrogens is 1. The van der Waals surface area contributed by atoms with Crippen molar-refractivity contribution in [3.63, 3.8) is 0 Å². The summed E-state index contributed by atoms with van der Waals surface area (Å²) >= 11 is 0. The average molecular weight is 209 g/mol. The Labute approximate surface area is 86.4 Å². The van der Waals surface area contributed by atoms with E-state index in [0.717, 1.165) is 0 Å². The van der Waals surface area contributed by atoms with E-state index in [1.165, 1.54) is 12.3 Å². The van der Waals surface area contributed by atoms with Gasteiger partial charge in [0.05, 0.1) is 12.3 Å². The number of hydrogen-bond donors (Lipinski definition) is 2. The minimum Gasteiger partial charge on any atom is -0.481 e. The molecule has 1 aromatic heterocycles. The molecule has 0 aliphatic heterocycles. The summed E-state index contributed by atoms with van der Waals surface area (Å²) in [7, 11) is 0. The lowest BCUT2D eigenvalue weighted by atomic mass is 9.96. The highest BCUT2D eigenvalue weighted by molar-refractivity contribution is 5.82. The Kier molecular flexibility index (Phi) is 3.38. The van der Waals surface area contributed by atoms with E-state index in [1.807, 2.05) is 0 Å². The van der Waals surface area contributed by atoms with Gasteiger partial charge in [-0.15, -0.1) is 0 Å². The molecule has 15 heavy (non-hydrogen) atoms. The van der Waals surface area contributed by atoms with Crippen molar-refractivity contribution in [2.75, 3.05) is 0 Å². The monoisotopic (exact) mass is 209 g/mol. The molecule has 0 spiro atoms. The van der Waals surface area contributed by atoms with Crippen LogP contribution in [-0.4, -0.2) is 27.1 Å². The van der Waals surface area contributed by atoms with Gasteiger partial charge in [-0.25, -0.2) is 0 Å². The Balaban J connectivity index is 2.98. The first-order valence-corrected chi connectivity index (χ1v) is 4.38. The first-order valence-electron chi connectivity index (χ1n) is 4.38. The number of nitrogens with zero attached hydrogens (tertiary/aromatic N) is 1. The second-order valence-electron chi connectivity index (χ2n) is 3.22. The first-order chi connectivity index (χ1) is 7.00. The molecule has 0 bridgehead atoms. The molecular formula is C10H11NO4. The molecule has 1 atom stereocenters. The molecule has 0 saturated carbocycles. The summed E-state index contributed by atoms with van der Waals surface area (Å²) in [5, 5.41) is 17.5. The lowest BCUT2D eigenvalue weighted by Gasteiger charge is -2.10. The van der Waals surface area contributed by atoms with E-state index in [0.29, 0.717) is 11.3 Å². The summed E-state index contributed by atoms with van der Waals surface area (Å²) in [5.41, 5.74) is 1.14. The maximum atomic E-state index is 10.9. The fraction of sp³-hybridized carbons (Fsp3) is 0.300. The molecule has 0 aliphatic rings. The number of carboxylic acids is 2. The Morgan fingerprint density at radius 1 is 1.47 bits per heavy atom. The molecule has 5 nitrogen and oxygen atoms in total. The predicted octanol–water partition coefficient (Wildman–Crippen LogP) is 1.03. The van der Waals surface area contributed by atoms with Gasteiger partial charge in [0.2, 0.25) is 0 Å². The van der Waals surface area contributed by atoms with Gasteiger partial charge in [-0.05, 0) is 24.6 Å². The third-order valence-electron chi connectivity index (χ3n) is 2.00. The highest BCUT2D eigenvalue weighted by Crippen LogP contribution is 2.20. The molecule has 2 N–H and O–H groups in total. The lowest BCUT2D eigenvalue weighted by Crippen LogP contribution is -2.16. The Bertz CT molecular complexity index is 389. The van der Waals surface area contributed by atoms with Crippen LogP contribution in [-0.2, 0) is 9.59 Å². The number of aliphatic carboxylic acids is 2. The van der Waals surface area contributed by atoms with Gasteiger partial charge in [0.15, 0.2) is 0 Å². The third kappa shape index (κ3) is 3.05. The lowest BCUT2D eigenvalue weighted by molar-refractivity contribution is -0.145. The van der Waals surface area contributed by atoms with Crippen LogP contribution in [0.15, 0.2) is 18.3 Å². The molecular weight excluding hydrogens is 198 g/mol. The van der Waals surface area contributed by atoms with Crippen molar-refractivity contribution >= 4 is 11.9 Å². The molecule has 1 aromatic rings. The van der Waals surface area contributed by atoms with Crippen LogP contribution in [0.2, 0.25) is 0 Å². The van der Waals surface area contributed by atoms with Crippen molar-refractivity contribution in [2.24, 2.45) is 0 Å². The second-order valence-corrected chi connectivity index (χ2v) is 3.22. The zero-order valence-corrected chi connectivity index (χ0v) is 8.17. The van der Waals surface area contributed by atoms with Crippen LogP contribution in [0.1, 0.15) is 23.6 Å². The molecule has 1 unspecified atom stereocenters. The minimum absolute atomic E-state index is 0.418. The van der Waals surface area contributed by atoms with Crippen LogP contribution in [0.4, 0.5) is 0 Å². The molecule has 1 heterocycles. The van der Waals surface area contributed by atoms with Gasteiger partial charge >= 0.3 is 11.9 Å². The Morgan fingerprint density at radius 2 is 2.13 bits per heavy atom. The highest BCUT2D eigenvalue weighted by atomic mass is 16.4. The van der Waals surface area contributed by atoms with Gasteiger partial charge < -0.3 is 10.2 Å². The minimum atomic E-state index is -1.14. The quantitative estimate of drug-likeness (QED) is 0.773. The summed E-state index contributed by atoms with van der Waals surface area (Å²) in [6.07, 6.45) is 1.06. The van der Waals surface area contributed by atoms with E-state index < -0.39 is 24.3 Å². The molecule has 0 saturated heterocycles. The predicted molar refractivity (Wildman–Crippen MR) is 51.6 cm³/mol. The fourth-order valence-corrected chi connectivity index (χ4v) is 1.31. The van der Waals surface area contributed by atoms with E-state index in [9.17, 15) is 9.59 Å². The van der Waals surface area contributed by atoms with E-state index in [4.69, 9.17) is 10.2 Å². The summed E-state index contributed by atoms with van der Waals surface area (Å²) in [5.74, 6) is -3.27. The number of hydrogen-bond acceptors (Lipinski definition) is 3. The summed E-state index contributed by atoms with van der Waals surface area (Å²) in [4.78, 5) is 25.3. The van der Waals surface area contributed by atoms with Crippen LogP contribution in [0.25, 0.3) is 0 Å². The largest absolute Gasteiger partial charge is 0.481 e. The van der Waals surface area contributed by atoms with Crippen LogP contribution >= 0.6 is 0 Å². The number of carbonyl (C=O) groups is 2. The SMILES string of the molecule is Cc1cc(C(CC(=O)O)C(=O)O)ccn1. The fourth-order valence-electron chi connectivity index (χ4n) is 1.31. The van der Waals surface area contributed by atoms with Crippen LogP contribution in [0, 0.1) is 6.92 Å². The summed E-state index contributed by atoms with van der Waals surface area (Å²) in [6.45, 7) is 1.73. The zero-order valence-electron chi connectivity index (χ0n) is 8.17. The van der Waals surface area contributed by atoms with Gasteiger partial charge in [-0.3, -0.25) is 14.6 Å². The zero-order chi connectivity index (χ0) is 11.4. The Hall–Kier alpha value is -1.91. The maximum absolute atomic E-state index is 10.9. The van der Waals surface area contributed by atoms with E-state index >= 15 is 0 Å². The molecule has 0 aliphatic carbocycles. The van der Waals surface area contributed by atoms with Crippen molar-refractivity contribution in [2.45, 2.75) is 19.3 Å². The van der Waals surface area contributed by atoms with Crippen LogP contribution in [0.5, 0.6) is 0 Å². The molecule has 5 heteroatoms. The maximum Gasteiger partial charge on any atom is 0.311 e. The van der Waals surface area contributed by atoms with Crippen LogP contribution < -0.4 is 0 Å². The number of pyridine rings is 1. The first kappa shape index (κ1) is 11.2. The van der Waals surface area contributed by atoms with Crippen molar-refractivity contribution in [1.82, 2.24) is 4.98 Å². The topological polar surface area (TPSA) is 87.5 Å². The van der Waals surface area contributed by atoms with Crippen molar-refractivity contribution in [3.05, 3.63) is 29.6 Å². The highest BCUT2D eigenvalue weighted by Gasteiger charge is 2.23. The van der Waals surface area contributed by atoms with Gasteiger partial charge in [0.1, 0.15) is 0 Å². The molecule has 80 valence electrons. The van der Waals surface area contributed by atoms with E-state index in [1.54, 1.807) is 13.0 Å². The van der Waals surface area contributed by atoms with Gasteiger partial charge in [0, 0.05) is 11.9 Å². The average Bonchev–Trinajstić information content (AvgIpc) is 2.13. The van der Waals surface area contributed by atoms with E-state index in [2.05, 4.69) is 4.98 Å². The third-order valence-corrected chi connectivity index (χ3v) is 2.00. The summed E-state index contributed by atoms with van der Waals surface area (Å²) in [6, 6.07) is 3.11. The van der Waals surface area contributed by atoms with Crippen molar-refractivity contribution in [3.8, 4) is 0 Å². The van der Waals surface area contributed by atoms with Crippen molar-refractivity contribution in [1.29, 1.82) is 0 Å². The summed E-state index contributed by atoms with van der Waals surface area (Å²) < 4.78 is 0. The van der Waals surface area contributed by atoms with Gasteiger partial charge in [0.25, 0.3) is 0 Å². The second kappa shape index (κ2) is 4.54. The van der Waals surface area contributed by atoms with Gasteiger partial charge in [-0.2, -0.15) is 0 Å². The number of aryl methyl sites for hydroxylation is 1. The number of rotatable bonds is 4. The molecule has 0 amide bonds. The van der Waals surface area contributed by atoms with Crippen molar-refractivity contribution < 1.29 is 19.8 Å². The molecule has 0 radical (unpaired) electrons. The van der Waals surface area contributed by atoms with E-state index in [-0.39, 0.29) is 0 Å². The normalized spacial score (nSPS) is 12.1. The molecule has 0 aromatic carbocycles. The smallest absolute Gasteiger partial charge is 0.311 e.